The molecule has 4 heteroatoms. The van der Waals surface area contributed by atoms with Crippen molar-refractivity contribution >= 4 is 58.6 Å². The van der Waals surface area contributed by atoms with E-state index in [0.29, 0.717) is 0 Å². The van der Waals surface area contributed by atoms with Gasteiger partial charge in [-0.25, -0.2) is 0 Å². The van der Waals surface area contributed by atoms with Crippen LogP contribution in [-0.2, 0) is 0 Å². The lowest BCUT2D eigenvalue weighted by Crippen LogP contribution is -2.28. The van der Waals surface area contributed by atoms with Crippen molar-refractivity contribution in [1.29, 1.82) is 0 Å². The summed E-state index contributed by atoms with van der Waals surface area (Å²) in [5.74, 6) is 0. The lowest BCUT2D eigenvalue weighted by atomic mass is 9.94. The second kappa shape index (κ2) is 4.86. The minimum atomic E-state index is -1.11. The minimum Gasteiger partial charge on any atom is -0.302 e. The minimum absolute atomic E-state index is 0.168. The molecule has 0 atom stereocenters. The van der Waals surface area contributed by atoms with Crippen LogP contribution in [0.15, 0.2) is 36.4 Å². The Morgan fingerprint density at radius 3 is 1.59 bits per heavy atom. The first-order chi connectivity index (χ1) is 10.1. The molecule has 22 heavy (non-hydrogen) atoms. The predicted molar refractivity (Wildman–Crippen MR) is 105 cm³/mol. The van der Waals surface area contributed by atoms with Crippen molar-refractivity contribution in [2.24, 2.45) is 0 Å². The molecule has 0 aliphatic heterocycles. The number of benzene rings is 2. The molecule has 0 amide bonds. The van der Waals surface area contributed by atoms with Gasteiger partial charge in [0.2, 0.25) is 0 Å². The molecule has 0 bridgehead atoms. The molecule has 3 rings (SSSR count). The summed E-state index contributed by atoms with van der Waals surface area (Å²) in [4.78, 5) is 0. The first-order valence-corrected chi connectivity index (χ1v) is 9.86. The summed E-state index contributed by atoms with van der Waals surface area (Å²) in [6.07, 6.45) is 4.72. The zero-order valence-electron chi connectivity index (χ0n) is 14.0. The van der Waals surface area contributed by atoms with Crippen LogP contribution in [-0.4, -0.2) is 36.9 Å². The van der Waals surface area contributed by atoms with Gasteiger partial charge in [-0.15, -0.1) is 0 Å². The van der Waals surface area contributed by atoms with Crippen LogP contribution in [0.3, 0.4) is 0 Å². The Morgan fingerprint density at radius 1 is 0.818 bits per heavy atom. The highest BCUT2D eigenvalue weighted by atomic mass is 32.3. The van der Waals surface area contributed by atoms with Crippen LogP contribution >= 0.6 is 10.2 Å². The third-order valence-corrected chi connectivity index (χ3v) is 9.03. The zero-order chi connectivity index (χ0) is 16.3. The molecule has 1 heterocycles. The van der Waals surface area contributed by atoms with Crippen LogP contribution in [0.5, 0.6) is 0 Å². The van der Waals surface area contributed by atoms with Gasteiger partial charge in [-0.1, -0.05) is 56.0 Å². The molecule has 4 radical (unpaired) electrons. The zero-order valence-corrected chi connectivity index (χ0v) is 14.8. The van der Waals surface area contributed by atoms with E-state index in [0.717, 1.165) is 10.9 Å². The Kier molecular flexibility index (Phi) is 3.45. The second-order valence-corrected chi connectivity index (χ2v) is 11.4. The van der Waals surface area contributed by atoms with Gasteiger partial charge in [-0.3, -0.25) is 0 Å². The fourth-order valence-electron chi connectivity index (χ4n) is 2.78. The van der Waals surface area contributed by atoms with Gasteiger partial charge in [0.05, 0.1) is 11.0 Å². The molecular formula is C18H21B2NS. The first kappa shape index (κ1) is 15.6. The van der Waals surface area contributed by atoms with Crippen molar-refractivity contribution in [2.75, 3.05) is 12.5 Å². The molecular weight excluding hydrogens is 284 g/mol. The van der Waals surface area contributed by atoms with E-state index in [1.807, 2.05) is 12.1 Å². The third kappa shape index (κ3) is 2.20. The second-order valence-electron chi connectivity index (χ2n) is 7.23. The van der Waals surface area contributed by atoms with Crippen LogP contribution in [0, 0.1) is 0 Å². The highest BCUT2D eigenvalue weighted by Gasteiger charge is 2.32. The van der Waals surface area contributed by atoms with E-state index in [1.54, 1.807) is 0 Å². The van der Waals surface area contributed by atoms with Crippen molar-refractivity contribution in [3.63, 3.8) is 0 Å². The van der Waals surface area contributed by atoms with Crippen molar-refractivity contribution in [3.8, 4) is 0 Å². The maximum Gasteiger partial charge on any atom is 0.113 e. The molecule has 0 aliphatic rings. The van der Waals surface area contributed by atoms with Gasteiger partial charge in [0.25, 0.3) is 0 Å². The lowest BCUT2D eigenvalue weighted by molar-refractivity contribution is 0.782. The largest absolute Gasteiger partial charge is 0.302 e. The molecule has 3 aromatic rings. The summed E-state index contributed by atoms with van der Waals surface area (Å²) in [7, 11) is 11.0. The maximum absolute atomic E-state index is 6.07. The number of hydrogen-bond acceptors (Lipinski definition) is 0. The Balaban J connectivity index is 2.54. The molecule has 2 aromatic carbocycles. The van der Waals surface area contributed by atoms with Crippen LogP contribution in [0.25, 0.3) is 21.8 Å². The topological polar surface area (TPSA) is 4.93 Å². The summed E-state index contributed by atoms with van der Waals surface area (Å²) < 4.78 is 2.64. The Labute approximate surface area is 137 Å². The maximum atomic E-state index is 6.07. The summed E-state index contributed by atoms with van der Waals surface area (Å²) in [6, 6.07) is 12.4. The molecule has 0 saturated carbocycles. The average Bonchev–Trinajstić information content (AvgIpc) is 2.69. The van der Waals surface area contributed by atoms with Gasteiger partial charge in [-0.2, -0.15) is 10.2 Å². The molecule has 0 aliphatic carbocycles. The molecule has 1 nitrogen and oxygen atoms in total. The molecule has 0 spiro atoms. The van der Waals surface area contributed by atoms with E-state index in [2.05, 4.69) is 61.5 Å². The van der Waals surface area contributed by atoms with Crippen molar-refractivity contribution in [3.05, 3.63) is 36.4 Å². The van der Waals surface area contributed by atoms with Crippen molar-refractivity contribution in [2.45, 2.75) is 25.5 Å². The summed E-state index contributed by atoms with van der Waals surface area (Å²) in [5, 5.41) is 2.49. The van der Waals surface area contributed by atoms with Crippen LogP contribution < -0.4 is 10.9 Å². The molecule has 0 saturated heterocycles. The number of aromatic nitrogens is 1. The molecule has 1 aromatic heterocycles. The average molecular weight is 305 g/mol. The van der Waals surface area contributed by atoms with Gasteiger partial charge >= 0.3 is 0 Å². The molecule has 0 N–H and O–H groups in total. The summed E-state index contributed by atoms with van der Waals surface area (Å²) in [5.41, 5.74) is 4.01. The predicted octanol–water partition coefficient (Wildman–Crippen LogP) is 3.01. The van der Waals surface area contributed by atoms with Gasteiger partial charge < -0.3 is 3.97 Å². The molecule has 0 fully saturated rings. The van der Waals surface area contributed by atoms with E-state index in [-0.39, 0.29) is 4.75 Å². The highest BCUT2D eigenvalue weighted by Crippen LogP contribution is 2.57. The van der Waals surface area contributed by atoms with Crippen LogP contribution in [0.1, 0.15) is 20.8 Å². The fourth-order valence-corrected chi connectivity index (χ4v) is 4.62. The number of hydrogen-bond donors (Lipinski definition) is 0. The smallest absolute Gasteiger partial charge is 0.113 e. The van der Waals surface area contributed by atoms with Crippen LogP contribution in [0.2, 0.25) is 0 Å². The van der Waals surface area contributed by atoms with E-state index < -0.39 is 10.2 Å². The number of fused-ring (bicyclic) bond motifs is 3. The lowest BCUT2D eigenvalue weighted by Gasteiger charge is -2.46. The molecule has 110 valence electrons. The number of nitrogens with zero attached hydrogens (tertiary/aromatic N) is 1. The quantitative estimate of drug-likeness (QED) is 0.609. The Morgan fingerprint density at radius 2 is 1.23 bits per heavy atom. The normalized spacial score (nSPS) is 13.9. The van der Waals surface area contributed by atoms with E-state index in [9.17, 15) is 0 Å². The van der Waals surface area contributed by atoms with Crippen molar-refractivity contribution < 1.29 is 0 Å². The fraction of sp³-hybridized carbons (Fsp3) is 0.333. The van der Waals surface area contributed by atoms with Gasteiger partial charge in [0.1, 0.15) is 15.7 Å². The van der Waals surface area contributed by atoms with Gasteiger partial charge in [0.15, 0.2) is 0 Å². The van der Waals surface area contributed by atoms with Crippen molar-refractivity contribution in [1.82, 2.24) is 3.97 Å². The van der Waals surface area contributed by atoms with Crippen LogP contribution in [0.4, 0.5) is 0 Å². The SMILES string of the molecule is [B]c1ccc2c3ccc([B])cc3n(S(C)(C)C(C)(C)C)c2c1. The van der Waals surface area contributed by atoms with Gasteiger partial charge in [0, 0.05) is 15.5 Å². The monoisotopic (exact) mass is 305 g/mol. The summed E-state index contributed by atoms with van der Waals surface area (Å²) in [6.45, 7) is 6.91. The van der Waals surface area contributed by atoms with E-state index in [1.165, 1.54) is 21.8 Å². The summed E-state index contributed by atoms with van der Waals surface area (Å²) >= 11 is 0. The number of rotatable bonds is 1. The Hall–Kier alpha value is -1.28. The molecule has 0 unspecified atom stereocenters. The highest BCUT2D eigenvalue weighted by molar-refractivity contribution is 8.32. The Bertz CT molecular complexity index is 813. The van der Waals surface area contributed by atoms with E-state index in [4.69, 9.17) is 15.7 Å². The first-order valence-electron chi connectivity index (χ1n) is 7.45. The third-order valence-electron chi connectivity index (χ3n) is 4.73. The van der Waals surface area contributed by atoms with Gasteiger partial charge in [-0.05, 0) is 24.6 Å². The standard InChI is InChI=1S/C18H21B2NS/c1-18(2,3)22(4,5)21-16-10-12(19)6-8-14(16)15-9-7-13(20)11-17(15)21/h6-11H,1-5H3. The van der Waals surface area contributed by atoms with E-state index >= 15 is 0 Å².